The van der Waals surface area contributed by atoms with Crippen LogP contribution in [0, 0.1) is 12.3 Å². The molecule has 4 rings (SSSR count). The number of aryl methyl sites for hydroxylation is 1. The van der Waals surface area contributed by atoms with Gasteiger partial charge >= 0.3 is 221 Å². The van der Waals surface area contributed by atoms with Crippen LogP contribution >= 0.6 is 0 Å². The monoisotopic (exact) mass is 562 g/mol. The van der Waals surface area contributed by atoms with Crippen molar-refractivity contribution in [1.82, 2.24) is 0 Å². The first-order valence-electron chi connectivity index (χ1n) is 12.1. The summed E-state index contributed by atoms with van der Waals surface area (Å²) >= 11 is -3.11. The van der Waals surface area contributed by atoms with Gasteiger partial charge in [-0.3, -0.25) is 0 Å². The van der Waals surface area contributed by atoms with Crippen LogP contribution in [0.2, 0.25) is 0 Å². The van der Waals surface area contributed by atoms with E-state index in [9.17, 15) is 9.32 Å². The molecule has 0 aliphatic carbocycles. The van der Waals surface area contributed by atoms with Gasteiger partial charge in [-0.2, -0.15) is 0 Å². The van der Waals surface area contributed by atoms with Gasteiger partial charge in [0.15, 0.2) is 0 Å². The molecule has 2 nitrogen and oxygen atoms in total. The fraction of sp³-hybridized carbons (Fsp3) is 0.188. The quantitative estimate of drug-likeness (QED) is 0.319. The average Bonchev–Trinajstić information content (AvgIpc) is 2.90. The summed E-state index contributed by atoms with van der Waals surface area (Å²) in [4.78, 5) is 3.49. The van der Waals surface area contributed by atoms with E-state index >= 15 is 0 Å². The third kappa shape index (κ3) is 5.48. The van der Waals surface area contributed by atoms with E-state index in [-0.39, 0.29) is 0 Å². The standard InChI is InChI=1S/C32H34O2SSe/c1-25-20-22-26(23-21-25)35(34)30(31(33)32(2,3)4)24-36(27-14-8-5-9-15-27,28-16-10-6-11-17-28)29-18-12-7-13-19-29/h5-24,31,33H,1-4H3/b30-24+/t31-,35-/m0/s1. The molecular formula is C32H34O2SSe. The molecule has 0 amide bonds. The van der Waals surface area contributed by atoms with E-state index in [1.54, 1.807) is 0 Å². The molecule has 0 bridgehead atoms. The van der Waals surface area contributed by atoms with Crippen LogP contribution in [0.3, 0.4) is 0 Å². The molecule has 0 aromatic heterocycles. The third-order valence-electron chi connectivity index (χ3n) is 6.18. The molecule has 0 aliphatic heterocycles. The molecule has 0 unspecified atom stereocenters. The van der Waals surface area contributed by atoms with Crippen LogP contribution in [0.4, 0.5) is 0 Å². The van der Waals surface area contributed by atoms with E-state index in [1.807, 2.05) is 70.2 Å². The molecule has 0 spiro atoms. The van der Waals surface area contributed by atoms with Gasteiger partial charge in [0.25, 0.3) is 0 Å². The Morgan fingerprint density at radius 2 is 1.11 bits per heavy atom. The van der Waals surface area contributed by atoms with Crippen LogP contribution < -0.4 is 13.4 Å². The second-order valence-electron chi connectivity index (χ2n) is 9.97. The normalized spacial score (nSPS) is 14.8. The summed E-state index contributed by atoms with van der Waals surface area (Å²) < 4.78 is 17.8. The van der Waals surface area contributed by atoms with Crippen LogP contribution in [0.15, 0.2) is 130 Å². The predicted molar refractivity (Wildman–Crippen MR) is 155 cm³/mol. The summed E-state index contributed by atoms with van der Waals surface area (Å²) in [6.45, 7) is 8.01. The number of rotatable bonds is 7. The Bertz CT molecular complexity index is 1230. The molecule has 0 fully saturated rings. The molecule has 4 heteroatoms. The van der Waals surface area contributed by atoms with Crippen molar-refractivity contribution < 1.29 is 9.32 Å². The van der Waals surface area contributed by atoms with Crippen molar-refractivity contribution in [3.63, 3.8) is 0 Å². The first-order chi connectivity index (χ1) is 17.2. The van der Waals surface area contributed by atoms with Crippen LogP contribution in [-0.2, 0) is 10.8 Å². The van der Waals surface area contributed by atoms with Crippen molar-refractivity contribution in [2.75, 3.05) is 0 Å². The first kappa shape index (κ1) is 26.3. The van der Waals surface area contributed by atoms with Crippen molar-refractivity contribution in [3.05, 3.63) is 131 Å². The minimum absolute atomic E-state index is 0.487. The van der Waals surface area contributed by atoms with Gasteiger partial charge in [0, 0.05) is 0 Å². The number of aliphatic hydroxyl groups is 1. The summed E-state index contributed by atoms with van der Waals surface area (Å²) in [5, 5.41) is 11.7. The first-order valence-corrected chi connectivity index (χ1v) is 16.8. The van der Waals surface area contributed by atoms with Gasteiger partial charge in [-0.25, -0.2) is 0 Å². The van der Waals surface area contributed by atoms with E-state index in [1.165, 1.54) is 13.4 Å². The van der Waals surface area contributed by atoms with Crippen LogP contribution in [0.25, 0.3) is 0 Å². The van der Waals surface area contributed by atoms with Gasteiger partial charge in [0.2, 0.25) is 0 Å². The third-order valence-corrected chi connectivity index (χ3v) is 15.7. The van der Waals surface area contributed by atoms with Crippen LogP contribution in [0.1, 0.15) is 26.3 Å². The number of hydrogen-bond acceptors (Lipinski definition) is 2. The molecule has 36 heavy (non-hydrogen) atoms. The van der Waals surface area contributed by atoms with Crippen molar-refractivity contribution in [2.45, 2.75) is 38.7 Å². The Hall–Kier alpha value is -2.75. The molecule has 0 saturated heterocycles. The summed E-state index contributed by atoms with van der Waals surface area (Å²) in [5.74, 6) is 0. The summed E-state index contributed by atoms with van der Waals surface area (Å²) in [7, 11) is -1.52. The summed E-state index contributed by atoms with van der Waals surface area (Å²) in [5.41, 5.74) is 0.625. The Morgan fingerprint density at radius 1 is 0.722 bits per heavy atom. The number of aliphatic hydroxyl groups excluding tert-OH is 1. The van der Waals surface area contributed by atoms with Crippen molar-refractivity contribution >= 4 is 37.0 Å². The van der Waals surface area contributed by atoms with Gasteiger partial charge in [0.05, 0.1) is 0 Å². The molecule has 0 heterocycles. The maximum atomic E-state index is 14.2. The second-order valence-corrected chi connectivity index (χ2v) is 17.7. The molecule has 4 aromatic carbocycles. The Kier molecular flexibility index (Phi) is 8.12. The van der Waals surface area contributed by atoms with E-state index < -0.39 is 35.2 Å². The molecular weight excluding hydrogens is 527 g/mol. The zero-order valence-electron chi connectivity index (χ0n) is 21.3. The summed E-state index contributed by atoms with van der Waals surface area (Å²) in [6, 6.07) is 39.3. The van der Waals surface area contributed by atoms with E-state index in [0.717, 1.165) is 5.56 Å². The number of benzene rings is 4. The number of hydrogen-bond donors (Lipinski definition) is 1. The SMILES string of the molecule is Cc1ccc([S@](=O)/C(=C/[Se](c2ccccc2)(c2ccccc2)c2ccccc2)[C@H](O)C(C)(C)C)cc1. The Morgan fingerprint density at radius 3 is 1.47 bits per heavy atom. The van der Waals surface area contributed by atoms with Gasteiger partial charge in [0.1, 0.15) is 0 Å². The fourth-order valence-corrected chi connectivity index (χ4v) is 14.0. The molecule has 1 N–H and O–H groups in total. The predicted octanol–water partition coefficient (Wildman–Crippen LogP) is 5.10. The maximum absolute atomic E-state index is 14.2. The molecule has 4 aromatic rings. The van der Waals surface area contributed by atoms with Crippen molar-refractivity contribution in [1.29, 1.82) is 0 Å². The molecule has 0 radical (unpaired) electrons. The Balaban J connectivity index is 2.09. The second kappa shape index (κ2) is 11.1. The van der Waals surface area contributed by atoms with E-state index in [2.05, 4.69) is 77.8 Å². The van der Waals surface area contributed by atoms with Gasteiger partial charge in [-0.05, 0) is 0 Å². The zero-order valence-corrected chi connectivity index (χ0v) is 23.8. The average molecular weight is 562 g/mol. The molecule has 0 aliphatic rings. The molecule has 186 valence electrons. The van der Waals surface area contributed by atoms with Gasteiger partial charge in [-0.15, -0.1) is 0 Å². The van der Waals surface area contributed by atoms with Gasteiger partial charge < -0.3 is 0 Å². The van der Waals surface area contributed by atoms with E-state index in [0.29, 0.717) is 9.80 Å². The Labute approximate surface area is 220 Å². The van der Waals surface area contributed by atoms with Gasteiger partial charge in [-0.1, -0.05) is 0 Å². The fourth-order valence-electron chi connectivity index (χ4n) is 4.13. The van der Waals surface area contributed by atoms with Crippen molar-refractivity contribution in [3.8, 4) is 0 Å². The van der Waals surface area contributed by atoms with E-state index in [4.69, 9.17) is 0 Å². The van der Waals surface area contributed by atoms with Crippen LogP contribution in [0.5, 0.6) is 0 Å². The van der Waals surface area contributed by atoms with Crippen molar-refractivity contribution in [2.24, 2.45) is 5.41 Å². The molecule has 0 saturated carbocycles. The zero-order chi connectivity index (χ0) is 25.8. The summed E-state index contributed by atoms with van der Waals surface area (Å²) in [6.07, 6.45) is -0.882. The minimum atomic E-state index is -3.11. The van der Waals surface area contributed by atoms with Crippen LogP contribution in [-0.4, -0.2) is 28.3 Å². The topological polar surface area (TPSA) is 37.3 Å². The molecule has 2 atom stereocenters.